The summed E-state index contributed by atoms with van der Waals surface area (Å²) in [7, 11) is 1.71. The highest BCUT2D eigenvalue weighted by atomic mass is 79.9. The number of rotatable bonds is 2. The van der Waals surface area contributed by atoms with Crippen LogP contribution in [-0.2, 0) is 0 Å². The van der Waals surface area contributed by atoms with E-state index in [4.69, 9.17) is 4.74 Å². The van der Waals surface area contributed by atoms with Crippen LogP contribution in [0.15, 0.2) is 71.2 Å². The first-order chi connectivity index (χ1) is 10.8. The highest BCUT2D eigenvalue weighted by Crippen LogP contribution is 2.48. The van der Waals surface area contributed by atoms with Crippen LogP contribution < -0.4 is 4.74 Å². The number of benzene rings is 3. The van der Waals surface area contributed by atoms with Gasteiger partial charge in [0.1, 0.15) is 5.75 Å². The van der Waals surface area contributed by atoms with E-state index < -0.39 is 0 Å². The molecule has 22 heavy (non-hydrogen) atoms. The minimum atomic E-state index is 0.263. The molecule has 108 valence electrons. The lowest BCUT2D eigenvalue weighted by Crippen LogP contribution is -1.99. The van der Waals surface area contributed by atoms with E-state index in [2.05, 4.69) is 76.6 Å². The number of methoxy groups -OCH3 is 1. The first kappa shape index (κ1) is 13.6. The highest BCUT2D eigenvalue weighted by molar-refractivity contribution is 9.10. The molecule has 2 heteroatoms. The number of halogens is 1. The van der Waals surface area contributed by atoms with Gasteiger partial charge in [0.15, 0.2) is 0 Å². The molecule has 3 aromatic rings. The fourth-order valence-corrected chi connectivity index (χ4v) is 3.74. The maximum absolute atomic E-state index is 5.40. The average Bonchev–Trinajstić information content (AvgIpc) is 2.88. The van der Waals surface area contributed by atoms with Crippen molar-refractivity contribution in [3.8, 4) is 16.9 Å². The van der Waals surface area contributed by atoms with Crippen molar-refractivity contribution in [1.82, 2.24) is 0 Å². The zero-order valence-electron chi connectivity index (χ0n) is 12.2. The number of hydrogen-bond acceptors (Lipinski definition) is 1. The first-order valence-electron chi connectivity index (χ1n) is 7.30. The molecule has 1 nitrogen and oxygen atoms in total. The molecular formula is C20H15BrO. The van der Waals surface area contributed by atoms with Crippen LogP contribution >= 0.6 is 15.9 Å². The van der Waals surface area contributed by atoms with E-state index in [-0.39, 0.29) is 5.92 Å². The highest BCUT2D eigenvalue weighted by Gasteiger charge is 2.29. The molecule has 1 aliphatic rings. The van der Waals surface area contributed by atoms with E-state index in [1.165, 1.54) is 27.8 Å². The molecule has 0 heterocycles. The van der Waals surface area contributed by atoms with Crippen molar-refractivity contribution in [3.63, 3.8) is 0 Å². The molecule has 0 fully saturated rings. The average molecular weight is 351 g/mol. The second-order valence-electron chi connectivity index (χ2n) is 5.53. The number of fused-ring (bicyclic) bond motifs is 3. The quantitative estimate of drug-likeness (QED) is 0.456. The third kappa shape index (κ3) is 2.06. The van der Waals surface area contributed by atoms with Crippen LogP contribution in [0.4, 0.5) is 0 Å². The molecule has 0 saturated carbocycles. The van der Waals surface area contributed by atoms with Crippen molar-refractivity contribution >= 4 is 15.9 Å². The summed E-state index contributed by atoms with van der Waals surface area (Å²) in [4.78, 5) is 0. The Hall–Kier alpha value is -2.06. The predicted octanol–water partition coefficient (Wildman–Crippen LogP) is 5.62. The summed E-state index contributed by atoms with van der Waals surface area (Å²) in [5, 5.41) is 0. The molecule has 1 aliphatic carbocycles. The van der Waals surface area contributed by atoms with Gasteiger partial charge in [-0.3, -0.25) is 0 Å². The van der Waals surface area contributed by atoms with E-state index >= 15 is 0 Å². The van der Waals surface area contributed by atoms with Gasteiger partial charge in [-0.2, -0.15) is 0 Å². The zero-order valence-corrected chi connectivity index (χ0v) is 13.8. The van der Waals surface area contributed by atoms with Crippen LogP contribution in [0.1, 0.15) is 22.6 Å². The summed E-state index contributed by atoms with van der Waals surface area (Å²) in [6, 6.07) is 23.6. The Morgan fingerprint density at radius 1 is 0.818 bits per heavy atom. The van der Waals surface area contributed by atoms with Gasteiger partial charge < -0.3 is 4.74 Å². The maximum atomic E-state index is 5.40. The molecule has 0 N–H and O–H groups in total. The molecule has 1 unspecified atom stereocenters. The Labute approximate surface area is 138 Å². The Bertz CT molecular complexity index is 854. The summed E-state index contributed by atoms with van der Waals surface area (Å²) in [6.45, 7) is 0. The molecule has 0 bridgehead atoms. The van der Waals surface area contributed by atoms with Crippen LogP contribution in [0, 0.1) is 0 Å². The molecule has 0 spiro atoms. The molecule has 0 amide bonds. The predicted molar refractivity (Wildman–Crippen MR) is 93.5 cm³/mol. The Morgan fingerprint density at radius 3 is 2.50 bits per heavy atom. The van der Waals surface area contributed by atoms with E-state index in [9.17, 15) is 0 Å². The summed E-state index contributed by atoms with van der Waals surface area (Å²) < 4.78 is 6.52. The minimum Gasteiger partial charge on any atom is -0.497 e. The molecule has 4 rings (SSSR count). The molecule has 1 atom stereocenters. The first-order valence-corrected chi connectivity index (χ1v) is 8.10. The van der Waals surface area contributed by atoms with E-state index in [0.717, 1.165) is 10.2 Å². The maximum Gasteiger partial charge on any atom is 0.119 e. The van der Waals surface area contributed by atoms with Crippen molar-refractivity contribution in [2.75, 3.05) is 7.11 Å². The summed E-state index contributed by atoms with van der Waals surface area (Å²) in [6.07, 6.45) is 0. The van der Waals surface area contributed by atoms with Crippen molar-refractivity contribution in [2.24, 2.45) is 0 Å². The van der Waals surface area contributed by atoms with E-state index in [0.29, 0.717) is 0 Å². The minimum absolute atomic E-state index is 0.263. The van der Waals surface area contributed by atoms with Gasteiger partial charge in [0.2, 0.25) is 0 Å². The fraction of sp³-hybridized carbons (Fsp3) is 0.100. The monoisotopic (exact) mass is 350 g/mol. The zero-order chi connectivity index (χ0) is 15.1. The molecular weight excluding hydrogens is 336 g/mol. The van der Waals surface area contributed by atoms with Crippen LogP contribution in [0.2, 0.25) is 0 Å². The van der Waals surface area contributed by atoms with Crippen molar-refractivity contribution in [2.45, 2.75) is 5.92 Å². The molecule has 3 aromatic carbocycles. The van der Waals surface area contributed by atoms with Crippen LogP contribution in [0.5, 0.6) is 5.75 Å². The topological polar surface area (TPSA) is 9.23 Å². The normalized spacial score (nSPS) is 15.3. The third-order valence-corrected chi connectivity index (χ3v) is 4.81. The molecule has 0 aromatic heterocycles. The van der Waals surface area contributed by atoms with Gasteiger partial charge in [-0.05, 0) is 52.1 Å². The lowest BCUT2D eigenvalue weighted by Gasteiger charge is -2.15. The SMILES string of the molecule is COc1cccc(C2c3ccccc3-c3ccc(Br)cc32)c1. The van der Waals surface area contributed by atoms with Gasteiger partial charge in [-0.1, -0.05) is 58.4 Å². The van der Waals surface area contributed by atoms with Gasteiger partial charge in [0.05, 0.1) is 7.11 Å². The van der Waals surface area contributed by atoms with Gasteiger partial charge >= 0.3 is 0 Å². The van der Waals surface area contributed by atoms with Crippen molar-refractivity contribution < 1.29 is 4.74 Å². The fourth-order valence-electron chi connectivity index (χ4n) is 3.36. The van der Waals surface area contributed by atoms with Gasteiger partial charge in [-0.15, -0.1) is 0 Å². The standard InChI is InChI=1S/C20H15BrO/c1-22-15-6-4-5-13(11-15)20-18-8-3-2-7-16(18)17-10-9-14(21)12-19(17)20/h2-12,20H,1H3. The van der Waals surface area contributed by atoms with Crippen molar-refractivity contribution in [1.29, 1.82) is 0 Å². The summed E-state index contributed by atoms with van der Waals surface area (Å²) in [5.41, 5.74) is 6.64. The lowest BCUT2D eigenvalue weighted by atomic mass is 9.89. The molecule has 0 radical (unpaired) electrons. The molecule has 0 aliphatic heterocycles. The lowest BCUT2D eigenvalue weighted by molar-refractivity contribution is 0.414. The van der Waals surface area contributed by atoms with Gasteiger partial charge in [-0.25, -0.2) is 0 Å². The Morgan fingerprint density at radius 2 is 1.64 bits per heavy atom. The smallest absolute Gasteiger partial charge is 0.119 e. The van der Waals surface area contributed by atoms with Gasteiger partial charge in [0, 0.05) is 10.4 Å². The summed E-state index contributed by atoms with van der Waals surface area (Å²) >= 11 is 3.61. The third-order valence-electron chi connectivity index (χ3n) is 4.31. The number of hydrogen-bond donors (Lipinski definition) is 0. The number of ether oxygens (including phenoxy) is 1. The van der Waals surface area contributed by atoms with Crippen molar-refractivity contribution in [3.05, 3.63) is 87.9 Å². The van der Waals surface area contributed by atoms with E-state index in [1.807, 2.05) is 6.07 Å². The van der Waals surface area contributed by atoms with Gasteiger partial charge in [0.25, 0.3) is 0 Å². The van der Waals surface area contributed by atoms with Crippen LogP contribution in [-0.4, -0.2) is 7.11 Å². The second-order valence-corrected chi connectivity index (χ2v) is 6.44. The Kier molecular flexibility index (Phi) is 3.27. The molecule has 0 saturated heterocycles. The van der Waals surface area contributed by atoms with E-state index in [1.54, 1.807) is 7.11 Å². The second kappa shape index (κ2) is 5.29. The largest absolute Gasteiger partial charge is 0.497 e. The Balaban J connectivity index is 1.97. The summed E-state index contributed by atoms with van der Waals surface area (Å²) in [5.74, 6) is 1.16. The van der Waals surface area contributed by atoms with Crippen LogP contribution in [0.25, 0.3) is 11.1 Å². The van der Waals surface area contributed by atoms with Crippen LogP contribution in [0.3, 0.4) is 0 Å².